The predicted molar refractivity (Wildman–Crippen MR) is 87.8 cm³/mol. The molecule has 2 N–H and O–H groups in total. The van der Waals surface area contributed by atoms with Crippen LogP contribution in [0.25, 0.3) is 0 Å². The molecule has 0 aromatic heterocycles. The first-order chi connectivity index (χ1) is 8.82. The summed E-state index contributed by atoms with van der Waals surface area (Å²) in [5, 5.41) is 1.17. The number of rotatable bonds is 5. The molecule has 0 radical (unpaired) electrons. The van der Waals surface area contributed by atoms with Gasteiger partial charge in [-0.15, -0.1) is 12.4 Å². The predicted octanol–water partition coefficient (Wildman–Crippen LogP) is 4.06. The normalized spacial score (nSPS) is 13.3. The average Bonchev–Trinajstić information content (AvgIpc) is 2.34. The van der Waals surface area contributed by atoms with Gasteiger partial charge < -0.3 is 10.6 Å². The summed E-state index contributed by atoms with van der Waals surface area (Å²) in [6.07, 6.45) is 1.13. The van der Waals surface area contributed by atoms with Gasteiger partial charge in [0.1, 0.15) is 0 Å². The molecule has 20 heavy (non-hydrogen) atoms. The highest BCUT2D eigenvalue weighted by Crippen LogP contribution is 2.29. The zero-order valence-electron chi connectivity index (χ0n) is 11.9. The van der Waals surface area contributed by atoms with Gasteiger partial charge in [-0.05, 0) is 38.0 Å². The number of halogens is 3. The Morgan fingerprint density at radius 3 is 2.45 bits per heavy atom. The van der Waals surface area contributed by atoms with Crippen LogP contribution in [-0.4, -0.2) is 23.9 Å². The highest BCUT2D eigenvalue weighted by atomic mass is 35.5. The standard InChI is InChI=1S/C14H20Cl2N2O.ClH/c1-9(17)4-7-14(19)18(3)10(2)12-6-5-11(15)8-13(12)16;/h5-6,8-10H,4,7,17H2,1-3H3;1H. The second-order valence-electron chi connectivity index (χ2n) is 4.86. The summed E-state index contributed by atoms with van der Waals surface area (Å²) in [7, 11) is 1.78. The Balaban J connectivity index is 0.00000361. The van der Waals surface area contributed by atoms with E-state index in [4.69, 9.17) is 28.9 Å². The number of hydrogen-bond donors (Lipinski definition) is 1. The minimum atomic E-state index is -0.0923. The Bertz CT molecular complexity index is 452. The summed E-state index contributed by atoms with van der Waals surface area (Å²) >= 11 is 12.0. The van der Waals surface area contributed by atoms with Crippen molar-refractivity contribution in [2.75, 3.05) is 7.05 Å². The smallest absolute Gasteiger partial charge is 0.222 e. The third-order valence-corrected chi connectivity index (χ3v) is 3.76. The quantitative estimate of drug-likeness (QED) is 0.879. The maximum absolute atomic E-state index is 12.0. The van der Waals surface area contributed by atoms with Crippen molar-refractivity contribution in [1.82, 2.24) is 4.90 Å². The number of amides is 1. The van der Waals surface area contributed by atoms with Gasteiger partial charge in [0.05, 0.1) is 6.04 Å². The Morgan fingerprint density at radius 1 is 1.35 bits per heavy atom. The lowest BCUT2D eigenvalue weighted by atomic mass is 10.1. The van der Waals surface area contributed by atoms with Crippen LogP contribution in [0, 0.1) is 0 Å². The molecule has 114 valence electrons. The van der Waals surface area contributed by atoms with Gasteiger partial charge >= 0.3 is 0 Å². The minimum Gasteiger partial charge on any atom is -0.339 e. The largest absolute Gasteiger partial charge is 0.339 e. The maximum atomic E-state index is 12.0. The maximum Gasteiger partial charge on any atom is 0.222 e. The van der Waals surface area contributed by atoms with Crippen LogP contribution < -0.4 is 5.73 Å². The third-order valence-electron chi connectivity index (χ3n) is 3.20. The number of nitrogens with zero attached hydrogens (tertiary/aromatic N) is 1. The van der Waals surface area contributed by atoms with E-state index in [-0.39, 0.29) is 30.4 Å². The van der Waals surface area contributed by atoms with Crippen molar-refractivity contribution in [2.24, 2.45) is 5.73 Å². The number of benzene rings is 1. The van der Waals surface area contributed by atoms with E-state index in [1.54, 1.807) is 24.1 Å². The molecule has 0 fully saturated rings. The number of carbonyl (C=O) groups excluding carboxylic acids is 1. The Morgan fingerprint density at radius 2 is 1.95 bits per heavy atom. The molecule has 3 nitrogen and oxygen atoms in total. The highest BCUT2D eigenvalue weighted by Gasteiger charge is 2.19. The van der Waals surface area contributed by atoms with E-state index >= 15 is 0 Å². The Hall–Kier alpha value is -0.480. The van der Waals surface area contributed by atoms with E-state index in [2.05, 4.69) is 0 Å². The minimum absolute atomic E-state index is 0. The van der Waals surface area contributed by atoms with Crippen LogP contribution >= 0.6 is 35.6 Å². The van der Waals surface area contributed by atoms with Gasteiger partial charge in [0.25, 0.3) is 0 Å². The molecule has 0 bridgehead atoms. The topological polar surface area (TPSA) is 46.3 Å². The summed E-state index contributed by atoms with van der Waals surface area (Å²) in [6, 6.07) is 5.26. The average molecular weight is 340 g/mol. The van der Waals surface area contributed by atoms with E-state index in [0.717, 1.165) is 5.56 Å². The van der Waals surface area contributed by atoms with Crippen LogP contribution in [0.3, 0.4) is 0 Å². The van der Waals surface area contributed by atoms with Crippen molar-refractivity contribution >= 4 is 41.5 Å². The molecule has 0 aliphatic heterocycles. The van der Waals surface area contributed by atoms with Crippen LogP contribution in [0.4, 0.5) is 0 Å². The van der Waals surface area contributed by atoms with Gasteiger partial charge in [0, 0.05) is 29.6 Å². The molecule has 2 unspecified atom stereocenters. The first-order valence-electron chi connectivity index (χ1n) is 6.29. The lowest BCUT2D eigenvalue weighted by molar-refractivity contribution is -0.132. The fourth-order valence-corrected chi connectivity index (χ4v) is 2.36. The van der Waals surface area contributed by atoms with Gasteiger partial charge in [-0.25, -0.2) is 0 Å². The van der Waals surface area contributed by atoms with Crippen LogP contribution in [0.1, 0.15) is 38.3 Å². The summed E-state index contributed by atoms with van der Waals surface area (Å²) in [4.78, 5) is 13.7. The molecule has 1 amide bonds. The van der Waals surface area contributed by atoms with E-state index in [1.165, 1.54) is 0 Å². The zero-order valence-corrected chi connectivity index (χ0v) is 14.2. The first kappa shape index (κ1) is 19.5. The van der Waals surface area contributed by atoms with Crippen molar-refractivity contribution in [1.29, 1.82) is 0 Å². The second-order valence-corrected chi connectivity index (χ2v) is 5.71. The molecular formula is C14H21Cl3N2O. The Labute approximate surface area is 136 Å². The molecule has 0 aliphatic carbocycles. The lowest BCUT2D eigenvalue weighted by Gasteiger charge is -2.26. The molecule has 2 atom stereocenters. The number of carbonyl (C=O) groups is 1. The SMILES string of the molecule is CC(N)CCC(=O)N(C)C(C)c1ccc(Cl)cc1Cl.Cl. The lowest BCUT2D eigenvalue weighted by Crippen LogP contribution is -2.31. The van der Waals surface area contributed by atoms with Crippen molar-refractivity contribution < 1.29 is 4.79 Å². The van der Waals surface area contributed by atoms with Crippen LogP contribution in [-0.2, 0) is 4.79 Å². The zero-order chi connectivity index (χ0) is 14.6. The fraction of sp³-hybridized carbons (Fsp3) is 0.500. The fourth-order valence-electron chi connectivity index (χ4n) is 1.79. The highest BCUT2D eigenvalue weighted by molar-refractivity contribution is 6.35. The van der Waals surface area contributed by atoms with Crippen molar-refractivity contribution in [3.05, 3.63) is 33.8 Å². The summed E-state index contributed by atoms with van der Waals surface area (Å²) in [5.74, 6) is 0.0656. The molecule has 6 heteroatoms. The van der Waals surface area contributed by atoms with Gasteiger partial charge in [-0.1, -0.05) is 29.3 Å². The molecule has 1 rings (SSSR count). The molecule has 0 saturated carbocycles. The molecule has 0 saturated heterocycles. The summed E-state index contributed by atoms with van der Waals surface area (Å²) in [5.41, 5.74) is 6.55. The van der Waals surface area contributed by atoms with E-state index in [1.807, 2.05) is 19.9 Å². The Kier molecular flexibility index (Phi) is 8.52. The first-order valence-corrected chi connectivity index (χ1v) is 7.04. The van der Waals surface area contributed by atoms with Crippen molar-refractivity contribution in [3.8, 4) is 0 Å². The van der Waals surface area contributed by atoms with Crippen LogP contribution in [0.15, 0.2) is 18.2 Å². The summed E-state index contributed by atoms with van der Waals surface area (Å²) < 4.78 is 0. The van der Waals surface area contributed by atoms with E-state index in [0.29, 0.717) is 22.9 Å². The molecular weight excluding hydrogens is 319 g/mol. The van der Waals surface area contributed by atoms with E-state index < -0.39 is 0 Å². The third kappa shape index (κ3) is 5.49. The van der Waals surface area contributed by atoms with Gasteiger partial charge in [-0.2, -0.15) is 0 Å². The van der Waals surface area contributed by atoms with E-state index in [9.17, 15) is 4.79 Å². The molecule has 1 aromatic carbocycles. The monoisotopic (exact) mass is 338 g/mol. The molecule has 1 aromatic rings. The van der Waals surface area contributed by atoms with Crippen molar-refractivity contribution in [2.45, 2.75) is 38.8 Å². The van der Waals surface area contributed by atoms with Crippen LogP contribution in [0.5, 0.6) is 0 Å². The van der Waals surface area contributed by atoms with Crippen LogP contribution in [0.2, 0.25) is 10.0 Å². The second kappa shape index (κ2) is 8.73. The van der Waals surface area contributed by atoms with Gasteiger partial charge in [-0.3, -0.25) is 4.79 Å². The molecule has 0 spiro atoms. The summed E-state index contributed by atoms with van der Waals surface area (Å²) in [6.45, 7) is 3.84. The molecule has 0 aliphatic rings. The van der Waals surface area contributed by atoms with Gasteiger partial charge in [0.2, 0.25) is 5.91 Å². The molecule has 0 heterocycles. The number of hydrogen-bond acceptors (Lipinski definition) is 2. The number of nitrogens with two attached hydrogens (primary N) is 1. The van der Waals surface area contributed by atoms with Gasteiger partial charge in [0.15, 0.2) is 0 Å². The van der Waals surface area contributed by atoms with Crippen molar-refractivity contribution in [3.63, 3.8) is 0 Å².